The number of nitrogens with one attached hydrogen (secondary N) is 2. The number of carbonyl (C=O) groups is 1. The van der Waals surface area contributed by atoms with E-state index in [0.717, 1.165) is 61.8 Å². The lowest BCUT2D eigenvalue weighted by Gasteiger charge is -2.30. The maximum absolute atomic E-state index is 12.3. The van der Waals surface area contributed by atoms with Crippen LogP contribution in [0.4, 0.5) is 5.69 Å². The molecule has 3 atom stereocenters. The molecule has 0 radical (unpaired) electrons. The van der Waals surface area contributed by atoms with Gasteiger partial charge in [-0.25, -0.2) is 0 Å². The molecule has 0 saturated heterocycles. The van der Waals surface area contributed by atoms with E-state index in [0.29, 0.717) is 19.1 Å². The average molecular weight is 563 g/mol. The summed E-state index contributed by atoms with van der Waals surface area (Å²) < 4.78 is 17.7. The number of aliphatic imine (C=N–C) groups is 1. The quantitative estimate of drug-likeness (QED) is 0.220. The molecule has 0 spiro atoms. The Hall–Kier alpha value is -1.36. The highest BCUT2D eigenvalue weighted by Gasteiger charge is 2.26. The van der Waals surface area contributed by atoms with Crippen LogP contribution in [-0.4, -0.2) is 59.4 Å². The summed E-state index contributed by atoms with van der Waals surface area (Å²) in [7, 11) is -0.732. The molecule has 7 nitrogen and oxygen atoms in total. The van der Waals surface area contributed by atoms with Gasteiger partial charge >= 0.3 is 0 Å². The third kappa shape index (κ3) is 7.34. The molecule has 1 amide bonds. The van der Waals surface area contributed by atoms with Gasteiger partial charge in [0.25, 0.3) is 5.91 Å². The summed E-state index contributed by atoms with van der Waals surface area (Å²) in [6, 6.07) is 7.95. The number of guanidine groups is 1. The molecule has 1 aromatic rings. The highest BCUT2D eigenvalue weighted by Crippen LogP contribution is 2.31. The molecule has 0 bridgehead atoms. The number of hydrogen-bond donors (Lipinski definition) is 2. The van der Waals surface area contributed by atoms with Crippen LogP contribution in [0.15, 0.2) is 29.3 Å². The maximum Gasteiger partial charge on any atom is 0.265 e. The van der Waals surface area contributed by atoms with E-state index in [-0.39, 0.29) is 41.7 Å². The van der Waals surface area contributed by atoms with Gasteiger partial charge < -0.3 is 20.3 Å². The predicted molar refractivity (Wildman–Crippen MR) is 138 cm³/mol. The van der Waals surface area contributed by atoms with Gasteiger partial charge in [-0.05, 0) is 44.7 Å². The standard InChI is InChI=1S/C22H34N4O3S.HI/c1-3-23-22(25-17-9-7-10-18(15-17)30(28)4-2)24-13-8-14-26-19-11-5-6-12-20(19)29-16-21(26)27;/h5-6,11-12,17-18H,3-4,7-10,13-16H2,1-2H3,(H2,23,24,25);1H. The Morgan fingerprint density at radius 2 is 2.10 bits per heavy atom. The molecule has 3 rings (SSSR count). The number of halogens is 1. The molecule has 1 heterocycles. The largest absolute Gasteiger partial charge is 0.482 e. The average Bonchev–Trinajstić information content (AvgIpc) is 2.77. The smallest absolute Gasteiger partial charge is 0.265 e. The minimum atomic E-state index is -0.732. The van der Waals surface area contributed by atoms with Crippen LogP contribution in [0.25, 0.3) is 0 Å². The first-order valence-corrected chi connectivity index (χ1v) is 12.4. The molecule has 2 aliphatic rings. The summed E-state index contributed by atoms with van der Waals surface area (Å²) in [6.07, 6.45) is 4.95. The van der Waals surface area contributed by atoms with Crippen LogP contribution in [0, 0.1) is 0 Å². The molecule has 1 aliphatic heterocycles. The lowest BCUT2D eigenvalue weighted by atomic mass is 9.95. The Morgan fingerprint density at radius 1 is 1.29 bits per heavy atom. The lowest BCUT2D eigenvalue weighted by molar-refractivity contribution is -0.121. The molecule has 174 valence electrons. The van der Waals surface area contributed by atoms with E-state index >= 15 is 0 Å². The van der Waals surface area contributed by atoms with E-state index in [1.807, 2.05) is 31.2 Å². The van der Waals surface area contributed by atoms with Gasteiger partial charge in [0.2, 0.25) is 0 Å². The van der Waals surface area contributed by atoms with Crippen molar-refractivity contribution >= 4 is 52.3 Å². The highest BCUT2D eigenvalue weighted by atomic mass is 127. The van der Waals surface area contributed by atoms with Crippen LogP contribution in [0.3, 0.4) is 0 Å². The fraction of sp³-hybridized carbons (Fsp3) is 0.636. The first-order chi connectivity index (χ1) is 14.6. The van der Waals surface area contributed by atoms with Gasteiger partial charge in [-0.1, -0.05) is 25.5 Å². The first kappa shape index (κ1) is 25.9. The lowest BCUT2D eigenvalue weighted by Crippen LogP contribution is -2.46. The monoisotopic (exact) mass is 562 g/mol. The van der Waals surface area contributed by atoms with Crippen molar-refractivity contribution in [2.24, 2.45) is 4.99 Å². The Morgan fingerprint density at radius 3 is 2.87 bits per heavy atom. The van der Waals surface area contributed by atoms with Crippen molar-refractivity contribution in [1.82, 2.24) is 10.6 Å². The van der Waals surface area contributed by atoms with Crippen LogP contribution < -0.4 is 20.3 Å². The summed E-state index contributed by atoms with van der Waals surface area (Å²) in [6.45, 7) is 6.17. The van der Waals surface area contributed by atoms with Gasteiger partial charge in [0, 0.05) is 47.5 Å². The van der Waals surface area contributed by atoms with Crippen LogP contribution in [0.1, 0.15) is 46.0 Å². The zero-order valence-electron chi connectivity index (χ0n) is 18.5. The molecule has 1 fully saturated rings. The second-order valence-electron chi connectivity index (χ2n) is 7.72. The highest BCUT2D eigenvalue weighted by molar-refractivity contribution is 14.0. The van der Waals surface area contributed by atoms with Crippen LogP contribution >= 0.6 is 24.0 Å². The Bertz CT molecular complexity index is 777. The fourth-order valence-electron chi connectivity index (χ4n) is 4.08. The molecular weight excluding hydrogens is 527 g/mol. The number of fused-ring (bicyclic) bond motifs is 1. The zero-order chi connectivity index (χ0) is 21.3. The molecule has 0 aromatic heterocycles. The molecule has 2 N–H and O–H groups in total. The van der Waals surface area contributed by atoms with Crippen molar-refractivity contribution in [2.45, 2.75) is 57.2 Å². The number of carbonyl (C=O) groups excluding carboxylic acids is 1. The van der Waals surface area contributed by atoms with Crippen molar-refractivity contribution < 1.29 is 13.7 Å². The van der Waals surface area contributed by atoms with Crippen molar-refractivity contribution in [3.05, 3.63) is 24.3 Å². The van der Waals surface area contributed by atoms with Gasteiger partial charge in [-0.3, -0.25) is 14.0 Å². The predicted octanol–water partition coefficient (Wildman–Crippen LogP) is 3.06. The van der Waals surface area contributed by atoms with Gasteiger partial charge in [0.05, 0.1) is 5.69 Å². The Kier molecular flexibility index (Phi) is 11.1. The Balaban J connectivity index is 0.00000341. The fourth-order valence-corrected chi connectivity index (χ4v) is 5.43. The number of nitrogens with zero attached hydrogens (tertiary/aromatic N) is 2. The second-order valence-corrected chi connectivity index (χ2v) is 9.72. The summed E-state index contributed by atoms with van der Waals surface area (Å²) in [5, 5.41) is 7.13. The first-order valence-electron chi connectivity index (χ1n) is 11.1. The minimum absolute atomic E-state index is 0. The van der Waals surface area contributed by atoms with E-state index in [9.17, 15) is 9.00 Å². The summed E-state index contributed by atoms with van der Waals surface area (Å²) in [5.41, 5.74) is 0.833. The number of amides is 1. The van der Waals surface area contributed by atoms with E-state index < -0.39 is 10.8 Å². The van der Waals surface area contributed by atoms with E-state index in [2.05, 4.69) is 17.6 Å². The van der Waals surface area contributed by atoms with Gasteiger partial charge in [-0.15, -0.1) is 24.0 Å². The number of para-hydroxylation sites is 2. The maximum atomic E-state index is 12.3. The SMILES string of the molecule is CCNC(=NCCCN1C(=O)COc2ccccc21)NC1CCCC(S(=O)CC)C1.I. The summed E-state index contributed by atoms with van der Waals surface area (Å²) >= 11 is 0. The molecule has 31 heavy (non-hydrogen) atoms. The zero-order valence-corrected chi connectivity index (χ0v) is 21.6. The molecule has 1 saturated carbocycles. The van der Waals surface area contributed by atoms with E-state index in [4.69, 9.17) is 9.73 Å². The third-order valence-corrected chi connectivity index (χ3v) is 7.33. The van der Waals surface area contributed by atoms with Gasteiger partial charge in [0.1, 0.15) is 5.75 Å². The van der Waals surface area contributed by atoms with Crippen LogP contribution in [0.5, 0.6) is 5.75 Å². The summed E-state index contributed by atoms with van der Waals surface area (Å²) in [4.78, 5) is 18.8. The molecule has 1 aromatic carbocycles. The van der Waals surface area contributed by atoms with E-state index in [1.54, 1.807) is 4.90 Å². The van der Waals surface area contributed by atoms with E-state index in [1.165, 1.54) is 0 Å². The van der Waals surface area contributed by atoms with Crippen molar-refractivity contribution in [3.8, 4) is 5.75 Å². The number of hydrogen-bond acceptors (Lipinski definition) is 4. The minimum Gasteiger partial charge on any atom is -0.482 e. The Labute approximate surface area is 205 Å². The molecule has 9 heteroatoms. The van der Waals surface area contributed by atoms with Crippen molar-refractivity contribution in [1.29, 1.82) is 0 Å². The number of benzene rings is 1. The van der Waals surface area contributed by atoms with Gasteiger partial charge in [0.15, 0.2) is 12.6 Å². The normalized spacial score (nSPS) is 22.1. The molecule has 1 aliphatic carbocycles. The van der Waals surface area contributed by atoms with Crippen molar-refractivity contribution in [3.63, 3.8) is 0 Å². The molecular formula is C22H35IN4O3S. The van der Waals surface area contributed by atoms with Crippen LogP contribution in [-0.2, 0) is 15.6 Å². The number of rotatable bonds is 8. The topological polar surface area (TPSA) is 83.0 Å². The van der Waals surface area contributed by atoms with Crippen LogP contribution in [0.2, 0.25) is 0 Å². The number of anilines is 1. The third-order valence-electron chi connectivity index (χ3n) is 5.59. The van der Waals surface area contributed by atoms with Gasteiger partial charge in [-0.2, -0.15) is 0 Å². The number of ether oxygens (including phenoxy) is 1. The summed E-state index contributed by atoms with van der Waals surface area (Å²) in [5.74, 6) is 2.28. The second kappa shape index (κ2) is 13.2. The van der Waals surface area contributed by atoms with Crippen molar-refractivity contribution in [2.75, 3.05) is 36.9 Å². The molecule has 3 unspecified atom stereocenters.